The minimum atomic E-state index is -0.622. The highest BCUT2D eigenvalue weighted by atomic mass is 35.5. The molecule has 0 fully saturated rings. The Morgan fingerprint density at radius 3 is 2.75 bits per heavy atom. The fourth-order valence-electron chi connectivity index (χ4n) is 2.13. The number of aliphatic hydroxyl groups excluding tert-OH is 1. The number of hydrogen-bond donors (Lipinski definition) is 1. The maximum absolute atomic E-state index is 10.3. The monoisotopic (exact) mass is 292 g/mol. The van der Waals surface area contributed by atoms with Crippen molar-refractivity contribution in [1.29, 1.82) is 0 Å². The minimum Gasteiger partial charge on any atom is -0.388 e. The molecule has 0 aliphatic carbocycles. The van der Waals surface area contributed by atoms with Gasteiger partial charge in [-0.05, 0) is 43.5 Å². The number of aryl methyl sites for hydroxylation is 1. The Morgan fingerprint density at radius 1 is 1.35 bits per heavy atom. The summed E-state index contributed by atoms with van der Waals surface area (Å²) in [6.07, 6.45) is 2.86. The smallest absolute Gasteiger partial charge is 0.0860 e. The van der Waals surface area contributed by atoms with Crippen molar-refractivity contribution in [3.05, 3.63) is 52.3 Å². The van der Waals surface area contributed by atoms with Crippen molar-refractivity contribution in [2.75, 3.05) is 0 Å². The molecule has 1 N–H and O–H groups in total. The first-order valence-electron chi connectivity index (χ1n) is 6.99. The lowest BCUT2D eigenvalue weighted by atomic mass is 10.0. The Kier molecular flexibility index (Phi) is 4.84. The Hall–Kier alpha value is -1.32. The number of hydrogen-bond acceptors (Lipinski definition) is 2. The predicted molar refractivity (Wildman–Crippen MR) is 82.1 cm³/mol. The van der Waals surface area contributed by atoms with Crippen molar-refractivity contribution in [2.45, 2.75) is 45.8 Å². The fourth-order valence-corrected chi connectivity index (χ4v) is 2.49. The number of nitrogens with zero attached hydrogens (tertiary/aromatic N) is 2. The number of rotatable bonds is 5. The number of aromatic nitrogens is 2. The Balaban J connectivity index is 2.11. The highest BCUT2D eigenvalue weighted by Gasteiger charge is 2.14. The molecule has 2 aromatic rings. The number of aliphatic hydroxyl groups is 1. The molecule has 0 bridgehead atoms. The van der Waals surface area contributed by atoms with E-state index in [-0.39, 0.29) is 0 Å². The second-order valence-electron chi connectivity index (χ2n) is 5.29. The molecule has 4 heteroatoms. The van der Waals surface area contributed by atoms with E-state index < -0.39 is 6.10 Å². The van der Waals surface area contributed by atoms with Crippen LogP contribution in [0.1, 0.15) is 49.2 Å². The molecule has 0 spiro atoms. The van der Waals surface area contributed by atoms with Crippen LogP contribution in [0.2, 0.25) is 5.02 Å². The van der Waals surface area contributed by atoms with E-state index >= 15 is 0 Å². The predicted octanol–water partition coefficient (Wildman–Crippen LogP) is 4.09. The average molecular weight is 293 g/mol. The van der Waals surface area contributed by atoms with Gasteiger partial charge in [-0.15, -0.1) is 0 Å². The van der Waals surface area contributed by atoms with E-state index in [0.717, 1.165) is 23.2 Å². The van der Waals surface area contributed by atoms with Crippen molar-refractivity contribution in [3.8, 4) is 0 Å². The molecular formula is C16H21ClN2O. The summed E-state index contributed by atoms with van der Waals surface area (Å²) in [5, 5.41) is 15.4. The molecule has 0 aliphatic rings. The zero-order valence-corrected chi connectivity index (χ0v) is 12.9. The molecule has 108 valence electrons. The standard InChI is InChI=1S/C16H21ClN2O/c1-4-12(3)19-8-7-13(18-19)10-16(20)14-6-5-11(2)9-15(14)17/h5-9,12,16,20H,4,10H2,1-3H3. The highest BCUT2D eigenvalue weighted by molar-refractivity contribution is 6.31. The molecule has 2 unspecified atom stereocenters. The van der Waals surface area contributed by atoms with Crippen molar-refractivity contribution < 1.29 is 5.11 Å². The summed E-state index contributed by atoms with van der Waals surface area (Å²) in [5.74, 6) is 0. The van der Waals surface area contributed by atoms with Crippen LogP contribution < -0.4 is 0 Å². The highest BCUT2D eigenvalue weighted by Crippen LogP contribution is 2.26. The quantitative estimate of drug-likeness (QED) is 0.901. The van der Waals surface area contributed by atoms with Crippen LogP contribution in [0.3, 0.4) is 0 Å². The van der Waals surface area contributed by atoms with Gasteiger partial charge in [-0.3, -0.25) is 4.68 Å². The summed E-state index contributed by atoms with van der Waals surface area (Å²) in [6, 6.07) is 8.05. The van der Waals surface area contributed by atoms with Crippen LogP contribution in [0.25, 0.3) is 0 Å². The first kappa shape index (κ1) is 15.1. The van der Waals surface area contributed by atoms with E-state index in [4.69, 9.17) is 11.6 Å². The summed E-state index contributed by atoms with van der Waals surface area (Å²) in [7, 11) is 0. The van der Waals surface area contributed by atoms with Gasteiger partial charge in [-0.1, -0.05) is 30.7 Å². The second-order valence-corrected chi connectivity index (χ2v) is 5.70. The molecule has 0 radical (unpaired) electrons. The van der Waals surface area contributed by atoms with Crippen molar-refractivity contribution in [1.82, 2.24) is 9.78 Å². The largest absolute Gasteiger partial charge is 0.388 e. The molecule has 0 saturated carbocycles. The zero-order chi connectivity index (χ0) is 14.7. The lowest BCUT2D eigenvalue weighted by Crippen LogP contribution is -2.07. The first-order valence-corrected chi connectivity index (χ1v) is 7.37. The van der Waals surface area contributed by atoms with E-state index in [1.807, 2.05) is 42.1 Å². The summed E-state index contributed by atoms with van der Waals surface area (Å²) in [4.78, 5) is 0. The SMILES string of the molecule is CCC(C)n1ccc(CC(O)c2ccc(C)cc2Cl)n1. The molecule has 1 aromatic heterocycles. The number of halogens is 1. The molecule has 0 aliphatic heterocycles. The molecule has 1 aromatic carbocycles. The van der Waals surface area contributed by atoms with Gasteiger partial charge in [0.25, 0.3) is 0 Å². The summed E-state index contributed by atoms with van der Waals surface area (Å²) < 4.78 is 1.94. The van der Waals surface area contributed by atoms with Crippen molar-refractivity contribution in [3.63, 3.8) is 0 Å². The third-order valence-electron chi connectivity index (χ3n) is 3.62. The first-order chi connectivity index (χ1) is 9.51. The Bertz CT molecular complexity index is 580. The normalized spacial score (nSPS) is 14.2. The third kappa shape index (κ3) is 3.41. The molecule has 2 rings (SSSR count). The van der Waals surface area contributed by atoms with Gasteiger partial charge in [0.05, 0.1) is 11.8 Å². The molecular weight excluding hydrogens is 272 g/mol. The third-order valence-corrected chi connectivity index (χ3v) is 3.95. The van der Waals surface area contributed by atoms with Crippen LogP contribution in [-0.4, -0.2) is 14.9 Å². The fraction of sp³-hybridized carbons (Fsp3) is 0.438. The van der Waals surface area contributed by atoms with Gasteiger partial charge in [0, 0.05) is 23.7 Å². The molecule has 2 atom stereocenters. The van der Waals surface area contributed by atoms with Gasteiger partial charge < -0.3 is 5.11 Å². The molecule has 3 nitrogen and oxygen atoms in total. The van der Waals surface area contributed by atoms with E-state index in [0.29, 0.717) is 17.5 Å². The van der Waals surface area contributed by atoms with Crippen LogP contribution in [0.5, 0.6) is 0 Å². The van der Waals surface area contributed by atoms with E-state index in [1.54, 1.807) is 0 Å². The molecule has 0 amide bonds. The van der Waals surface area contributed by atoms with Crippen LogP contribution >= 0.6 is 11.6 Å². The lowest BCUT2D eigenvalue weighted by Gasteiger charge is -2.12. The van der Waals surface area contributed by atoms with Crippen molar-refractivity contribution in [2.24, 2.45) is 0 Å². The van der Waals surface area contributed by atoms with Crippen LogP contribution in [0.4, 0.5) is 0 Å². The van der Waals surface area contributed by atoms with Gasteiger partial charge >= 0.3 is 0 Å². The lowest BCUT2D eigenvalue weighted by molar-refractivity contribution is 0.177. The Labute approximate surface area is 125 Å². The summed E-state index contributed by atoms with van der Waals surface area (Å²) in [5.41, 5.74) is 2.73. The van der Waals surface area contributed by atoms with Gasteiger partial charge in [0.1, 0.15) is 0 Å². The van der Waals surface area contributed by atoms with Crippen LogP contribution in [0, 0.1) is 6.92 Å². The van der Waals surface area contributed by atoms with Gasteiger partial charge in [-0.2, -0.15) is 5.10 Å². The average Bonchev–Trinajstić information content (AvgIpc) is 2.86. The molecule has 1 heterocycles. The van der Waals surface area contributed by atoms with Gasteiger partial charge in [0.15, 0.2) is 0 Å². The maximum atomic E-state index is 10.3. The number of benzene rings is 1. The summed E-state index contributed by atoms with van der Waals surface area (Å²) >= 11 is 6.18. The van der Waals surface area contributed by atoms with Crippen LogP contribution in [-0.2, 0) is 6.42 Å². The minimum absolute atomic E-state index is 0.379. The van der Waals surface area contributed by atoms with Gasteiger partial charge in [-0.25, -0.2) is 0 Å². The van der Waals surface area contributed by atoms with E-state index in [1.165, 1.54) is 0 Å². The second kappa shape index (κ2) is 6.42. The molecule has 0 saturated heterocycles. The van der Waals surface area contributed by atoms with E-state index in [9.17, 15) is 5.11 Å². The van der Waals surface area contributed by atoms with Crippen LogP contribution in [0.15, 0.2) is 30.5 Å². The zero-order valence-electron chi connectivity index (χ0n) is 12.2. The van der Waals surface area contributed by atoms with Crippen molar-refractivity contribution >= 4 is 11.6 Å². The topological polar surface area (TPSA) is 38.0 Å². The van der Waals surface area contributed by atoms with E-state index in [2.05, 4.69) is 18.9 Å². The molecule has 20 heavy (non-hydrogen) atoms. The Morgan fingerprint density at radius 2 is 2.10 bits per heavy atom. The maximum Gasteiger partial charge on any atom is 0.0860 e. The van der Waals surface area contributed by atoms with Gasteiger partial charge in [0.2, 0.25) is 0 Å². The summed E-state index contributed by atoms with van der Waals surface area (Å²) in [6.45, 7) is 6.24.